The van der Waals surface area contributed by atoms with E-state index in [9.17, 15) is 0 Å². The van der Waals surface area contributed by atoms with Crippen molar-refractivity contribution in [3.05, 3.63) is 35.9 Å². The van der Waals surface area contributed by atoms with Crippen LogP contribution in [-0.2, 0) is 15.3 Å². The third kappa shape index (κ3) is 5.10. The number of hydrogen-bond acceptors (Lipinski definition) is 2. The van der Waals surface area contributed by atoms with Gasteiger partial charge in [-0.25, -0.2) is 0 Å². The zero-order valence-corrected chi connectivity index (χ0v) is 14.9. The average molecular weight is 306 g/mol. The van der Waals surface area contributed by atoms with Gasteiger partial charge in [-0.15, -0.1) is 0 Å². The van der Waals surface area contributed by atoms with Gasteiger partial charge in [0.2, 0.25) is 0 Å². The zero-order chi connectivity index (χ0) is 16.3. The first-order valence-electron chi connectivity index (χ1n) is 8.90. The summed E-state index contributed by atoms with van der Waals surface area (Å²) in [4.78, 5) is 0. The van der Waals surface area contributed by atoms with E-state index in [1.54, 1.807) is 14.2 Å². The molecule has 0 heterocycles. The van der Waals surface area contributed by atoms with Gasteiger partial charge in [0.15, 0.2) is 5.79 Å². The van der Waals surface area contributed by atoms with Gasteiger partial charge in [-0.05, 0) is 12.8 Å². The standard InChI is InChI=1S/C20H34O2/c1-5-7-8-9-10-12-15-18(6-2)20(21-3,22-4)19-16-13-11-14-17-19/h11,13-14,16-18H,5-10,12,15H2,1-4H3. The molecule has 0 bridgehead atoms. The van der Waals surface area contributed by atoms with E-state index in [4.69, 9.17) is 9.47 Å². The minimum absolute atomic E-state index is 0.385. The van der Waals surface area contributed by atoms with Crippen molar-refractivity contribution in [2.75, 3.05) is 14.2 Å². The molecule has 1 rings (SSSR count). The van der Waals surface area contributed by atoms with Crippen molar-refractivity contribution < 1.29 is 9.47 Å². The van der Waals surface area contributed by atoms with Gasteiger partial charge in [0.25, 0.3) is 0 Å². The second-order valence-corrected chi connectivity index (χ2v) is 6.10. The van der Waals surface area contributed by atoms with Crippen molar-refractivity contribution in [1.29, 1.82) is 0 Å². The Morgan fingerprint density at radius 3 is 2.00 bits per heavy atom. The Kier molecular flexibility index (Phi) is 9.42. The summed E-state index contributed by atoms with van der Waals surface area (Å²) in [5.41, 5.74) is 1.12. The smallest absolute Gasteiger partial charge is 0.197 e. The van der Waals surface area contributed by atoms with E-state index >= 15 is 0 Å². The first kappa shape index (κ1) is 19.2. The predicted octanol–water partition coefficient (Wildman–Crippen LogP) is 5.91. The van der Waals surface area contributed by atoms with Crippen molar-refractivity contribution in [1.82, 2.24) is 0 Å². The van der Waals surface area contributed by atoms with E-state index < -0.39 is 5.79 Å². The molecule has 0 saturated heterocycles. The van der Waals surface area contributed by atoms with E-state index in [0.717, 1.165) is 18.4 Å². The minimum atomic E-state index is -0.612. The molecule has 1 aromatic carbocycles. The average Bonchev–Trinajstić information content (AvgIpc) is 2.58. The number of ether oxygens (including phenoxy) is 2. The molecule has 0 radical (unpaired) electrons. The highest BCUT2D eigenvalue weighted by molar-refractivity contribution is 5.21. The molecule has 1 atom stereocenters. The number of hydrogen-bond donors (Lipinski definition) is 0. The van der Waals surface area contributed by atoms with Crippen molar-refractivity contribution >= 4 is 0 Å². The van der Waals surface area contributed by atoms with Crippen molar-refractivity contribution in [3.63, 3.8) is 0 Å². The number of benzene rings is 1. The van der Waals surface area contributed by atoms with Gasteiger partial charge >= 0.3 is 0 Å². The van der Waals surface area contributed by atoms with Gasteiger partial charge < -0.3 is 9.47 Å². The first-order chi connectivity index (χ1) is 10.7. The molecule has 2 heteroatoms. The van der Waals surface area contributed by atoms with E-state index in [-0.39, 0.29) is 0 Å². The summed E-state index contributed by atoms with van der Waals surface area (Å²) in [6, 6.07) is 10.4. The van der Waals surface area contributed by atoms with E-state index in [0.29, 0.717) is 5.92 Å². The van der Waals surface area contributed by atoms with E-state index in [1.165, 1.54) is 38.5 Å². The maximum absolute atomic E-state index is 5.90. The van der Waals surface area contributed by atoms with Crippen LogP contribution < -0.4 is 0 Å². The molecule has 0 saturated carbocycles. The Morgan fingerprint density at radius 2 is 1.45 bits per heavy atom. The molecule has 0 N–H and O–H groups in total. The highest BCUT2D eigenvalue weighted by atomic mass is 16.7. The third-order valence-corrected chi connectivity index (χ3v) is 4.72. The monoisotopic (exact) mass is 306 g/mol. The Hall–Kier alpha value is -0.860. The van der Waals surface area contributed by atoms with Gasteiger partial charge in [0.1, 0.15) is 0 Å². The molecule has 0 aliphatic rings. The van der Waals surface area contributed by atoms with Gasteiger partial charge in [-0.2, -0.15) is 0 Å². The molecule has 0 fully saturated rings. The summed E-state index contributed by atoms with van der Waals surface area (Å²) in [6.07, 6.45) is 10.2. The number of unbranched alkanes of at least 4 members (excludes halogenated alkanes) is 5. The van der Waals surface area contributed by atoms with E-state index in [1.807, 2.05) is 6.07 Å². The van der Waals surface area contributed by atoms with Crippen LogP contribution in [0.2, 0.25) is 0 Å². The molecule has 1 aromatic rings. The molecular weight excluding hydrogens is 272 g/mol. The highest BCUT2D eigenvalue weighted by Gasteiger charge is 2.39. The lowest BCUT2D eigenvalue weighted by molar-refractivity contribution is -0.252. The summed E-state index contributed by atoms with van der Waals surface area (Å²) in [5, 5.41) is 0. The number of methoxy groups -OCH3 is 2. The van der Waals surface area contributed by atoms with Crippen molar-refractivity contribution in [3.8, 4) is 0 Å². The van der Waals surface area contributed by atoms with Crippen LogP contribution >= 0.6 is 0 Å². The lowest BCUT2D eigenvalue weighted by atomic mass is 9.85. The van der Waals surface area contributed by atoms with Crippen LogP contribution in [0.1, 0.15) is 70.8 Å². The highest BCUT2D eigenvalue weighted by Crippen LogP contribution is 2.39. The largest absolute Gasteiger partial charge is 0.349 e. The SMILES string of the molecule is CCCCCCCCC(CC)C(OC)(OC)c1ccccc1. The fourth-order valence-corrected chi connectivity index (χ4v) is 3.39. The van der Waals surface area contributed by atoms with Crippen LogP contribution in [0, 0.1) is 5.92 Å². The minimum Gasteiger partial charge on any atom is -0.349 e. The Balaban J connectivity index is 2.67. The summed E-state index contributed by atoms with van der Waals surface area (Å²) in [5.74, 6) is -0.226. The molecule has 2 nitrogen and oxygen atoms in total. The number of rotatable bonds is 12. The van der Waals surface area contributed by atoms with Crippen LogP contribution in [0.4, 0.5) is 0 Å². The summed E-state index contributed by atoms with van der Waals surface area (Å²) in [6.45, 7) is 4.50. The Morgan fingerprint density at radius 1 is 0.864 bits per heavy atom. The third-order valence-electron chi connectivity index (χ3n) is 4.72. The predicted molar refractivity (Wildman–Crippen MR) is 93.9 cm³/mol. The zero-order valence-electron chi connectivity index (χ0n) is 14.9. The van der Waals surface area contributed by atoms with Crippen LogP contribution in [0.5, 0.6) is 0 Å². The summed E-state index contributed by atoms with van der Waals surface area (Å²) >= 11 is 0. The molecule has 126 valence electrons. The van der Waals surface area contributed by atoms with Gasteiger partial charge in [0.05, 0.1) is 0 Å². The second-order valence-electron chi connectivity index (χ2n) is 6.10. The topological polar surface area (TPSA) is 18.5 Å². The lowest BCUT2D eigenvalue weighted by Crippen LogP contribution is -2.39. The van der Waals surface area contributed by atoms with Crippen LogP contribution in [0.15, 0.2) is 30.3 Å². The normalized spacial score (nSPS) is 13.3. The Bertz CT molecular complexity index is 371. The Labute approximate surface area is 137 Å². The lowest BCUT2D eigenvalue weighted by Gasteiger charge is -2.38. The fourth-order valence-electron chi connectivity index (χ4n) is 3.39. The summed E-state index contributed by atoms with van der Waals surface area (Å²) in [7, 11) is 3.53. The van der Waals surface area contributed by atoms with E-state index in [2.05, 4.69) is 38.1 Å². The molecule has 0 aliphatic heterocycles. The maximum Gasteiger partial charge on any atom is 0.197 e. The van der Waals surface area contributed by atoms with Crippen LogP contribution in [-0.4, -0.2) is 14.2 Å². The fraction of sp³-hybridized carbons (Fsp3) is 0.700. The second kappa shape index (κ2) is 10.8. The van der Waals surface area contributed by atoms with Gasteiger partial charge in [-0.1, -0.05) is 82.7 Å². The van der Waals surface area contributed by atoms with Crippen LogP contribution in [0.3, 0.4) is 0 Å². The molecule has 0 aromatic heterocycles. The van der Waals surface area contributed by atoms with Gasteiger partial charge in [-0.3, -0.25) is 0 Å². The molecule has 22 heavy (non-hydrogen) atoms. The molecule has 0 spiro atoms. The first-order valence-corrected chi connectivity index (χ1v) is 8.90. The quantitative estimate of drug-likeness (QED) is 0.353. The molecular formula is C20H34O2. The van der Waals surface area contributed by atoms with Crippen LogP contribution in [0.25, 0.3) is 0 Å². The summed E-state index contributed by atoms with van der Waals surface area (Å²) < 4.78 is 11.8. The van der Waals surface area contributed by atoms with Crippen molar-refractivity contribution in [2.24, 2.45) is 5.92 Å². The van der Waals surface area contributed by atoms with Crippen molar-refractivity contribution in [2.45, 2.75) is 71.0 Å². The van der Waals surface area contributed by atoms with Gasteiger partial charge in [0, 0.05) is 25.7 Å². The molecule has 0 aliphatic carbocycles. The molecule has 1 unspecified atom stereocenters. The molecule has 0 amide bonds. The maximum atomic E-state index is 5.90.